The molecule has 1 aromatic heterocycles. The molecule has 1 atom stereocenters. The molecule has 0 aliphatic rings. The Bertz CT molecular complexity index is 823. The zero-order valence-electron chi connectivity index (χ0n) is 12.2. The molecule has 0 spiro atoms. The van der Waals surface area contributed by atoms with Gasteiger partial charge in [-0.1, -0.05) is 35.9 Å². The van der Waals surface area contributed by atoms with Gasteiger partial charge in [-0.2, -0.15) is 0 Å². The van der Waals surface area contributed by atoms with Crippen LogP contribution in [0, 0.1) is 0 Å². The van der Waals surface area contributed by atoms with Crippen molar-refractivity contribution in [1.29, 1.82) is 0 Å². The number of benzene rings is 1. The first-order chi connectivity index (χ1) is 11.3. The summed E-state index contributed by atoms with van der Waals surface area (Å²) in [4.78, 5) is 37.7. The molecule has 0 unspecified atom stereocenters. The van der Waals surface area contributed by atoms with Crippen LogP contribution in [0.2, 0.25) is 5.15 Å². The van der Waals surface area contributed by atoms with Crippen molar-refractivity contribution in [3.8, 4) is 5.75 Å². The Labute approximate surface area is 140 Å². The molecule has 0 saturated heterocycles. The number of aromatic nitrogens is 1. The van der Waals surface area contributed by atoms with Crippen LogP contribution in [0.25, 0.3) is 10.8 Å². The lowest BCUT2D eigenvalue weighted by atomic mass is 10.1. The number of carboxylic acids is 2. The Balaban J connectivity index is 2.32. The average Bonchev–Trinajstić information content (AvgIpc) is 2.54. The number of nitrogens with zero attached hydrogens (tertiary/aromatic N) is 1. The van der Waals surface area contributed by atoms with E-state index in [0.29, 0.717) is 10.8 Å². The van der Waals surface area contributed by atoms with E-state index in [2.05, 4.69) is 10.3 Å². The molecule has 9 heteroatoms. The summed E-state index contributed by atoms with van der Waals surface area (Å²) in [5.74, 6) is -3.98. The first-order valence-corrected chi connectivity index (χ1v) is 7.21. The number of carboxylic acid groups (broad SMARTS) is 2. The number of nitrogens with one attached hydrogen (secondary N) is 1. The molecule has 0 aliphatic heterocycles. The van der Waals surface area contributed by atoms with Gasteiger partial charge in [0.25, 0.3) is 5.91 Å². The van der Waals surface area contributed by atoms with Gasteiger partial charge in [0, 0.05) is 17.2 Å². The minimum absolute atomic E-state index is 0.0223. The van der Waals surface area contributed by atoms with Gasteiger partial charge in [-0.3, -0.25) is 9.59 Å². The summed E-state index contributed by atoms with van der Waals surface area (Å²) in [5.41, 5.74) is -0.430. The van der Waals surface area contributed by atoms with Crippen LogP contribution in [0.5, 0.6) is 5.75 Å². The fourth-order valence-corrected chi connectivity index (χ4v) is 2.37. The van der Waals surface area contributed by atoms with Crippen molar-refractivity contribution in [3.05, 3.63) is 35.1 Å². The molecule has 8 nitrogen and oxygen atoms in total. The second-order valence-electron chi connectivity index (χ2n) is 4.94. The van der Waals surface area contributed by atoms with Crippen LogP contribution in [-0.2, 0) is 9.59 Å². The molecule has 2 rings (SSSR count). The highest BCUT2D eigenvalue weighted by Gasteiger charge is 2.25. The zero-order valence-corrected chi connectivity index (χ0v) is 12.9. The number of carbonyl (C=O) groups excluding carboxylic acids is 1. The minimum Gasteiger partial charge on any atom is -0.505 e. The van der Waals surface area contributed by atoms with Gasteiger partial charge in [-0.15, -0.1) is 0 Å². The molecule has 126 valence electrons. The topological polar surface area (TPSA) is 137 Å². The van der Waals surface area contributed by atoms with Gasteiger partial charge >= 0.3 is 11.9 Å². The number of fused-ring (bicyclic) bond motifs is 1. The van der Waals surface area contributed by atoms with Crippen LogP contribution in [0.3, 0.4) is 0 Å². The SMILES string of the molecule is O=C(O)CC[C@H](NC(=O)c1nc(Cl)c2ccccc2c1O)C(=O)O. The molecule has 24 heavy (non-hydrogen) atoms. The van der Waals surface area contributed by atoms with Gasteiger partial charge < -0.3 is 20.6 Å². The third-order valence-corrected chi connectivity index (χ3v) is 3.59. The second-order valence-corrected chi connectivity index (χ2v) is 5.30. The summed E-state index contributed by atoms with van der Waals surface area (Å²) >= 11 is 5.98. The molecule has 0 bridgehead atoms. The number of hydrogen-bond acceptors (Lipinski definition) is 5. The monoisotopic (exact) mass is 352 g/mol. The minimum atomic E-state index is -1.43. The molecule has 0 aliphatic carbocycles. The molecule has 0 fully saturated rings. The third-order valence-electron chi connectivity index (χ3n) is 3.30. The summed E-state index contributed by atoms with van der Waals surface area (Å²) in [5, 5.41) is 30.7. The lowest BCUT2D eigenvalue weighted by molar-refractivity contribution is -0.140. The summed E-state index contributed by atoms with van der Waals surface area (Å²) in [6, 6.07) is 5.03. The van der Waals surface area contributed by atoms with Crippen molar-refractivity contribution >= 4 is 40.2 Å². The van der Waals surface area contributed by atoms with Crippen molar-refractivity contribution in [2.24, 2.45) is 0 Å². The molecular weight excluding hydrogens is 340 g/mol. The normalized spacial score (nSPS) is 11.9. The quantitative estimate of drug-likeness (QED) is 0.580. The molecule has 2 aromatic rings. The Morgan fingerprint density at radius 2 is 1.79 bits per heavy atom. The van der Waals surface area contributed by atoms with Crippen molar-refractivity contribution < 1.29 is 29.7 Å². The Morgan fingerprint density at radius 1 is 1.17 bits per heavy atom. The number of aromatic hydroxyl groups is 1. The third kappa shape index (κ3) is 3.72. The van der Waals surface area contributed by atoms with Crippen LogP contribution in [0.15, 0.2) is 24.3 Å². The van der Waals surface area contributed by atoms with Gasteiger partial charge in [0.1, 0.15) is 11.2 Å². The van der Waals surface area contributed by atoms with Gasteiger partial charge in [-0.25, -0.2) is 9.78 Å². The van der Waals surface area contributed by atoms with Crippen LogP contribution in [0.4, 0.5) is 0 Å². The highest BCUT2D eigenvalue weighted by molar-refractivity contribution is 6.34. The van der Waals surface area contributed by atoms with Gasteiger partial charge in [-0.05, 0) is 6.42 Å². The Kier molecular flexibility index (Phi) is 5.20. The molecule has 1 amide bonds. The maximum Gasteiger partial charge on any atom is 0.326 e. The lowest BCUT2D eigenvalue weighted by Gasteiger charge is -2.14. The fourth-order valence-electron chi connectivity index (χ4n) is 2.12. The highest BCUT2D eigenvalue weighted by Crippen LogP contribution is 2.31. The van der Waals surface area contributed by atoms with Crippen LogP contribution >= 0.6 is 11.6 Å². The first kappa shape index (κ1) is 17.5. The van der Waals surface area contributed by atoms with E-state index in [1.54, 1.807) is 18.2 Å². The number of carbonyl (C=O) groups is 3. The first-order valence-electron chi connectivity index (χ1n) is 6.84. The van der Waals surface area contributed by atoms with Crippen LogP contribution < -0.4 is 5.32 Å². The Morgan fingerprint density at radius 3 is 2.38 bits per heavy atom. The van der Waals surface area contributed by atoms with Gasteiger partial charge in [0.05, 0.1) is 0 Å². The summed E-state index contributed by atoms with van der Waals surface area (Å²) < 4.78 is 0. The smallest absolute Gasteiger partial charge is 0.326 e. The highest BCUT2D eigenvalue weighted by atomic mass is 35.5. The molecular formula is C15H13ClN2O6. The molecule has 0 radical (unpaired) electrons. The zero-order chi connectivity index (χ0) is 17.9. The van der Waals surface area contributed by atoms with Crippen molar-refractivity contribution in [3.63, 3.8) is 0 Å². The van der Waals surface area contributed by atoms with E-state index in [1.165, 1.54) is 6.07 Å². The Hall–Kier alpha value is -2.87. The van der Waals surface area contributed by atoms with E-state index < -0.39 is 41.8 Å². The number of rotatable bonds is 6. The van der Waals surface area contributed by atoms with Gasteiger partial charge in [0.15, 0.2) is 11.4 Å². The van der Waals surface area contributed by atoms with Crippen LogP contribution in [0.1, 0.15) is 23.3 Å². The number of aliphatic carboxylic acids is 2. The summed E-state index contributed by atoms with van der Waals surface area (Å²) in [7, 11) is 0. The van der Waals surface area contributed by atoms with Crippen molar-refractivity contribution in [2.45, 2.75) is 18.9 Å². The average molecular weight is 353 g/mol. The predicted octanol–water partition coefficient (Wildman–Crippen LogP) is 1.64. The van der Waals surface area contributed by atoms with Gasteiger partial charge in [0.2, 0.25) is 0 Å². The maximum atomic E-state index is 12.2. The molecule has 1 heterocycles. The van der Waals surface area contributed by atoms with E-state index in [4.69, 9.17) is 21.8 Å². The number of amides is 1. The molecule has 0 saturated carbocycles. The van der Waals surface area contributed by atoms with E-state index in [1.807, 2.05) is 0 Å². The lowest BCUT2D eigenvalue weighted by Crippen LogP contribution is -2.41. The second kappa shape index (κ2) is 7.14. The fraction of sp³-hybridized carbons (Fsp3) is 0.200. The predicted molar refractivity (Wildman–Crippen MR) is 84.2 cm³/mol. The van der Waals surface area contributed by atoms with E-state index in [0.717, 1.165) is 0 Å². The number of halogens is 1. The molecule has 4 N–H and O–H groups in total. The maximum absolute atomic E-state index is 12.2. The number of hydrogen-bond donors (Lipinski definition) is 4. The largest absolute Gasteiger partial charge is 0.505 e. The summed E-state index contributed by atoms with van der Waals surface area (Å²) in [6.07, 6.45) is -0.742. The van der Waals surface area contributed by atoms with Crippen molar-refractivity contribution in [1.82, 2.24) is 10.3 Å². The van der Waals surface area contributed by atoms with E-state index >= 15 is 0 Å². The van der Waals surface area contributed by atoms with E-state index in [-0.39, 0.29) is 11.6 Å². The van der Waals surface area contributed by atoms with Crippen molar-refractivity contribution in [2.75, 3.05) is 0 Å². The number of pyridine rings is 1. The standard InChI is InChI=1S/C15H13ClN2O6/c16-13-8-4-2-1-3-7(8)12(21)11(18-13)14(22)17-9(15(23)24)5-6-10(19)20/h1-4,9,21H,5-6H2,(H,17,22)(H,19,20)(H,23,24)/t9-/m0/s1. The summed E-state index contributed by atoms with van der Waals surface area (Å²) in [6.45, 7) is 0. The van der Waals surface area contributed by atoms with Crippen LogP contribution in [-0.4, -0.2) is 44.2 Å². The molecule has 1 aromatic carbocycles. The van der Waals surface area contributed by atoms with E-state index in [9.17, 15) is 19.5 Å².